The van der Waals surface area contributed by atoms with Crippen LogP contribution in [0, 0.1) is 0 Å². The van der Waals surface area contributed by atoms with Crippen molar-refractivity contribution in [1.82, 2.24) is 20.2 Å². The Labute approximate surface area is 110 Å². The first-order chi connectivity index (χ1) is 9.31. The predicted octanol–water partition coefficient (Wildman–Crippen LogP) is 0.763. The molecule has 0 radical (unpaired) electrons. The predicted molar refractivity (Wildman–Crippen MR) is 68.7 cm³/mol. The molecule has 0 aliphatic carbocycles. The van der Waals surface area contributed by atoms with Gasteiger partial charge in [0.15, 0.2) is 0 Å². The average molecular weight is 261 g/mol. The molecule has 0 saturated carbocycles. The number of aliphatic hydroxyl groups is 1. The third kappa shape index (κ3) is 3.59. The van der Waals surface area contributed by atoms with E-state index in [1.807, 2.05) is 18.2 Å². The van der Waals surface area contributed by atoms with Crippen LogP contribution in [0.15, 0.2) is 30.6 Å². The molecule has 0 saturated heterocycles. The topological polar surface area (TPSA) is 92.9 Å². The van der Waals surface area contributed by atoms with Gasteiger partial charge in [0, 0.05) is 13.0 Å². The van der Waals surface area contributed by atoms with Crippen molar-refractivity contribution < 1.29 is 9.90 Å². The molecular formula is C12H15N5O2. The minimum Gasteiger partial charge on any atom is -0.396 e. The highest BCUT2D eigenvalue weighted by molar-refractivity contribution is 5.92. The van der Waals surface area contributed by atoms with Gasteiger partial charge in [-0.1, -0.05) is 12.1 Å². The summed E-state index contributed by atoms with van der Waals surface area (Å²) in [5, 5.41) is 22.4. The summed E-state index contributed by atoms with van der Waals surface area (Å²) in [5.41, 5.74) is 1.37. The summed E-state index contributed by atoms with van der Waals surface area (Å²) in [6.07, 6.45) is 3.14. The van der Waals surface area contributed by atoms with Crippen molar-refractivity contribution >= 4 is 11.6 Å². The molecule has 0 aliphatic heterocycles. The van der Waals surface area contributed by atoms with Crippen LogP contribution in [-0.2, 0) is 4.79 Å². The minimum atomic E-state index is -0.0889. The van der Waals surface area contributed by atoms with E-state index in [0.717, 1.165) is 0 Å². The fourth-order valence-electron chi connectivity index (χ4n) is 1.66. The standard InChI is InChI=1S/C12H15N5O2/c18-8-4-3-7-12(19)14-10-5-1-2-6-11(10)17-9-13-15-16-17/h1-2,5-6,9,18H,3-4,7-8H2,(H,14,19). The van der Waals surface area contributed by atoms with Gasteiger partial charge in [-0.25, -0.2) is 0 Å². The lowest BCUT2D eigenvalue weighted by molar-refractivity contribution is -0.116. The number of aromatic nitrogens is 4. The third-order valence-corrected chi connectivity index (χ3v) is 2.59. The number of para-hydroxylation sites is 2. The largest absolute Gasteiger partial charge is 0.396 e. The molecule has 2 aromatic rings. The smallest absolute Gasteiger partial charge is 0.224 e. The Morgan fingerprint density at radius 3 is 2.89 bits per heavy atom. The lowest BCUT2D eigenvalue weighted by Crippen LogP contribution is -2.13. The maximum atomic E-state index is 11.8. The lowest BCUT2D eigenvalue weighted by atomic mass is 10.2. The Morgan fingerprint density at radius 2 is 2.16 bits per heavy atom. The second-order valence-corrected chi connectivity index (χ2v) is 4.00. The molecule has 19 heavy (non-hydrogen) atoms. The van der Waals surface area contributed by atoms with E-state index in [1.54, 1.807) is 6.07 Å². The summed E-state index contributed by atoms with van der Waals surface area (Å²) < 4.78 is 1.49. The first kappa shape index (κ1) is 13.2. The molecule has 1 amide bonds. The molecule has 0 atom stereocenters. The number of amides is 1. The fraction of sp³-hybridized carbons (Fsp3) is 0.333. The van der Waals surface area contributed by atoms with E-state index in [1.165, 1.54) is 11.0 Å². The van der Waals surface area contributed by atoms with E-state index < -0.39 is 0 Å². The highest BCUT2D eigenvalue weighted by Gasteiger charge is 2.08. The first-order valence-corrected chi connectivity index (χ1v) is 6.04. The molecule has 2 N–H and O–H groups in total. The molecule has 7 heteroatoms. The number of carbonyl (C=O) groups is 1. The summed E-state index contributed by atoms with van der Waals surface area (Å²) in [5.74, 6) is -0.0889. The molecule has 1 heterocycles. The molecule has 1 aromatic heterocycles. The Bertz CT molecular complexity index is 527. The summed E-state index contributed by atoms with van der Waals surface area (Å²) in [4.78, 5) is 11.8. The van der Waals surface area contributed by atoms with E-state index >= 15 is 0 Å². The zero-order valence-electron chi connectivity index (χ0n) is 10.4. The Morgan fingerprint density at radius 1 is 1.32 bits per heavy atom. The maximum Gasteiger partial charge on any atom is 0.224 e. The number of hydrogen-bond acceptors (Lipinski definition) is 5. The quantitative estimate of drug-likeness (QED) is 0.749. The second-order valence-electron chi connectivity index (χ2n) is 4.00. The van der Waals surface area contributed by atoms with Crippen LogP contribution >= 0.6 is 0 Å². The van der Waals surface area contributed by atoms with Gasteiger partial charge in [-0.3, -0.25) is 4.79 Å². The van der Waals surface area contributed by atoms with Crippen LogP contribution in [0.1, 0.15) is 19.3 Å². The van der Waals surface area contributed by atoms with Crippen LogP contribution in [-0.4, -0.2) is 37.8 Å². The number of carbonyl (C=O) groups excluding carboxylic acids is 1. The van der Waals surface area contributed by atoms with Gasteiger partial charge in [-0.05, 0) is 35.4 Å². The molecule has 0 bridgehead atoms. The summed E-state index contributed by atoms with van der Waals surface area (Å²) in [7, 11) is 0. The number of hydrogen-bond donors (Lipinski definition) is 2. The van der Waals surface area contributed by atoms with Crippen LogP contribution < -0.4 is 5.32 Å². The van der Waals surface area contributed by atoms with Gasteiger partial charge in [-0.15, -0.1) is 5.10 Å². The molecule has 1 aromatic carbocycles. The van der Waals surface area contributed by atoms with Gasteiger partial charge in [0.25, 0.3) is 0 Å². The average Bonchev–Trinajstić information content (AvgIpc) is 2.93. The van der Waals surface area contributed by atoms with Gasteiger partial charge in [0.05, 0.1) is 11.4 Å². The van der Waals surface area contributed by atoms with Crippen LogP contribution in [0.2, 0.25) is 0 Å². The Hall–Kier alpha value is -2.28. The molecule has 0 fully saturated rings. The van der Waals surface area contributed by atoms with Crippen molar-refractivity contribution in [2.45, 2.75) is 19.3 Å². The van der Waals surface area contributed by atoms with Crippen molar-refractivity contribution in [2.75, 3.05) is 11.9 Å². The molecule has 100 valence electrons. The number of nitrogens with one attached hydrogen (secondary N) is 1. The van der Waals surface area contributed by atoms with E-state index in [9.17, 15) is 4.79 Å². The van der Waals surface area contributed by atoms with E-state index in [-0.39, 0.29) is 12.5 Å². The number of aliphatic hydroxyl groups excluding tert-OH is 1. The summed E-state index contributed by atoms with van der Waals surface area (Å²) in [6, 6.07) is 7.29. The number of rotatable bonds is 6. The molecule has 7 nitrogen and oxygen atoms in total. The minimum absolute atomic E-state index is 0.0889. The van der Waals surface area contributed by atoms with Crippen molar-refractivity contribution in [1.29, 1.82) is 0 Å². The Balaban J connectivity index is 2.06. The Kier molecular flexibility index (Phi) is 4.57. The number of benzene rings is 1. The highest BCUT2D eigenvalue weighted by Crippen LogP contribution is 2.18. The van der Waals surface area contributed by atoms with E-state index in [2.05, 4.69) is 20.8 Å². The monoisotopic (exact) mass is 261 g/mol. The maximum absolute atomic E-state index is 11.8. The zero-order valence-corrected chi connectivity index (χ0v) is 10.4. The van der Waals surface area contributed by atoms with Crippen molar-refractivity contribution in [3.63, 3.8) is 0 Å². The first-order valence-electron chi connectivity index (χ1n) is 6.04. The fourth-order valence-corrected chi connectivity index (χ4v) is 1.66. The van der Waals surface area contributed by atoms with Crippen molar-refractivity contribution in [3.05, 3.63) is 30.6 Å². The normalized spacial score (nSPS) is 10.4. The summed E-state index contributed by atoms with van der Waals surface area (Å²) in [6.45, 7) is 0.106. The van der Waals surface area contributed by atoms with Crippen molar-refractivity contribution in [2.24, 2.45) is 0 Å². The molecule has 0 aliphatic rings. The second kappa shape index (κ2) is 6.60. The van der Waals surface area contributed by atoms with Crippen LogP contribution in [0.3, 0.4) is 0 Å². The van der Waals surface area contributed by atoms with Crippen LogP contribution in [0.25, 0.3) is 5.69 Å². The SMILES string of the molecule is O=C(CCCCO)Nc1ccccc1-n1cnnn1. The molecule has 2 rings (SSSR count). The zero-order chi connectivity index (χ0) is 13.5. The van der Waals surface area contributed by atoms with E-state index in [4.69, 9.17) is 5.11 Å². The number of tetrazole rings is 1. The summed E-state index contributed by atoms with van der Waals surface area (Å²) >= 11 is 0. The number of nitrogens with zero attached hydrogens (tertiary/aromatic N) is 4. The lowest BCUT2D eigenvalue weighted by Gasteiger charge is -2.09. The van der Waals surface area contributed by atoms with Crippen LogP contribution in [0.5, 0.6) is 0 Å². The number of anilines is 1. The van der Waals surface area contributed by atoms with E-state index in [0.29, 0.717) is 30.6 Å². The van der Waals surface area contributed by atoms with Gasteiger partial charge < -0.3 is 10.4 Å². The van der Waals surface area contributed by atoms with Crippen molar-refractivity contribution in [3.8, 4) is 5.69 Å². The molecule has 0 unspecified atom stereocenters. The highest BCUT2D eigenvalue weighted by atomic mass is 16.3. The van der Waals surface area contributed by atoms with Gasteiger partial charge in [0.1, 0.15) is 6.33 Å². The van der Waals surface area contributed by atoms with Crippen LogP contribution in [0.4, 0.5) is 5.69 Å². The molecular weight excluding hydrogens is 246 g/mol. The number of unbranched alkanes of at least 4 members (excludes halogenated alkanes) is 1. The van der Waals surface area contributed by atoms with Gasteiger partial charge >= 0.3 is 0 Å². The molecule has 0 spiro atoms. The van der Waals surface area contributed by atoms with Gasteiger partial charge in [0.2, 0.25) is 5.91 Å². The third-order valence-electron chi connectivity index (χ3n) is 2.59. The van der Waals surface area contributed by atoms with Gasteiger partial charge in [-0.2, -0.15) is 4.68 Å².